The first kappa shape index (κ1) is 12.8. The van der Waals surface area contributed by atoms with Crippen molar-refractivity contribution in [2.75, 3.05) is 7.11 Å². The highest BCUT2D eigenvalue weighted by molar-refractivity contribution is 5.70. The molecule has 0 saturated heterocycles. The molecule has 0 saturated carbocycles. The number of hydrogen-bond donors (Lipinski definition) is 1. The van der Waals surface area contributed by atoms with Gasteiger partial charge in [0, 0.05) is 6.07 Å². The van der Waals surface area contributed by atoms with Crippen molar-refractivity contribution in [1.82, 2.24) is 4.98 Å². The van der Waals surface area contributed by atoms with Gasteiger partial charge in [-0.05, 0) is 0 Å². The first-order valence-corrected chi connectivity index (χ1v) is 4.47. The summed E-state index contributed by atoms with van der Waals surface area (Å²) in [6.45, 7) is 0. The number of methoxy groups -OCH3 is 1. The average molecular weight is 242 g/mol. The standard InChI is InChI=1S/C10H8F2N2O3/c1-17-7-2-5(4-13)9(10(11)12)6(14-7)3-8(15)16/h2,10H,3H2,1H3,(H,15,16). The molecule has 0 aliphatic carbocycles. The second-order valence-corrected chi connectivity index (χ2v) is 3.06. The van der Waals surface area contributed by atoms with Crippen molar-refractivity contribution in [3.05, 3.63) is 22.9 Å². The van der Waals surface area contributed by atoms with E-state index in [1.54, 1.807) is 6.07 Å². The zero-order chi connectivity index (χ0) is 13.0. The van der Waals surface area contributed by atoms with Crippen LogP contribution in [0.3, 0.4) is 0 Å². The lowest BCUT2D eigenvalue weighted by atomic mass is 10.1. The Hall–Kier alpha value is -2.23. The molecule has 1 heterocycles. The molecule has 0 aliphatic heterocycles. The maximum Gasteiger partial charge on any atom is 0.309 e. The summed E-state index contributed by atoms with van der Waals surface area (Å²) in [4.78, 5) is 14.2. The fraction of sp³-hybridized carbons (Fsp3) is 0.300. The molecule has 0 aromatic carbocycles. The van der Waals surface area contributed by atoms with Crippen LogP contribution < -0.4 is 4.74 Å². The van der Waals surface area contributed by atoms with Crippen LogP contribution in [0.25, 0.3) is 0 Å². The average Bonchev–Trinajstić information content (AvgIpc) is 2.26. The van der Waals surface area contributed by atoms with Gasteiger partial charge in [0.15, 0.2) is 0 Å². The topological polar surface area (TPSA) is 83.2 Å². The molecule has 7 heteroatoms. The van der Waals surface area contributed by atoms with Crippen LogP contribution in [0.15, 0.2) is 6.07 Å². The molecule has 0 atom stereocenters. The Morgan fingerprint density at radius 1 is 1.71 bits per heavy atom. The lowest BCUT2D eigenvalue weighted by Crippen LogP contribution is -2.09. The SMILES string of the molecule is COc1cc(C#N)c(C(F)F)c(CC(=O)O)n1. The summed E-state index contributed by atoms with van der Waals surface area (Å²) in [6.07, 6.45) is -3.65. The van der Waals surface area contributed by atoms with Gasteiger partial charge in [0.1, 0.15) is 0 Å². The van der Waals surface area contributed by atoms with Gasteiger partial charge >= 0.3 is 5.97 Å². The predicted molar refractivity (Wildman–Crippen MR) is 51.8 cm³/mol. The van der Waals surface area contributed by atoms with Crippen LogP contribution in [0.4, 0.5) is 8.78 Å². The van der Waals surface area contributed by atoms with Crippen molar-refractivity contribution in [3.8, 4) is 11.9 Å². The zero-order valence-electron chi connectivity index (χ0n) is 8.78. The van der Waals surface area contributed by atoms with Crippen LogP contribution >= 0.6 is 0 Å². The Bertz CT molecular complexity index is 483. The quantitative estimate of drug-likeness (QED) is 0.865. The number of carboxylic acid groups (broad SMARTS) is 1. The van der Waals surface area contributed by atoms with Gasteiger partial charge in [0.25, 0.3) is 6.43 Å². The molecule has 1 aromatic heterocycles. The van der Waals surface area contributed by atoms with Crippen LogP contribution in [-0.4, -0.2) is 23.2 Å². The molecule has 0 fully saturated rings. The van der Waals surface area contributed by atoms with E-state index < -0.39 is 24.4 Å². The van der Waals surface area contributed by atoms with Crippen LogP contribution in [-0.2, 0) is 11.2 Å². The van der Waals surface area contributed by atoms with Crippen LogP contribution in [0, 0.1) is 11.3 Å². The molecule has 90 valence electrons. The molecule has 0 radical (unpaired) electrons. The molecule has 1 rings (SSSR count). The Morgan fingerprint density at radius 3 is 2.76 bits per heavy atom. The summed E-state index contributed by atoms with van der Waals surface area (Å²) in [6, 6.07) is 2.62. The number of aliphatic carboxylic acids is 1. The van der Waals surface area contributed by atoms with Crippen molar-refractivity contribution < 1.29 is 23.4 Å². The molecule has 0 unspecified atom stereocenters. The second-order valence-electron chi connectivity index (χ2n) is 3.06. The van der Waals surface area contributed by atoms with Gasteiger partial charge in [-0.15, -0.1) is 0 Å². The van der Waals surface area contributed by atoms with E-state index in [2.05, 4.69) is 4.98 Å². The van der Waals surface area contributed by atoms with Gasteiger partial charge in [0.05, 0.1) is 36.4 Å². The molecule has 0 aliphatic rings. The number of halogens is 2. The summed E-state index contributed by atoms with van der Waals surface area (Å²) in [5, 5.41) is 17.3. The third-order valence-corrected chi connectivity index (χ3v) is 1.98. The van der Waals surface area contributed by atoms with Crippen LogP contribution in [0.1, 0.15) is 23.2 Å². The molecule has 0 amide bonds. The fourth-order valence-corrected chi connectivity index (χ4v) is 1.30. The minimum absolute atomic E-state index is 0.0674. The van der Waals surface area contributed by atoms with E-state index in [1.165, 1.54) is 7.11 Å². The summed E-state index contributed by atoms with van der Waals surface area (Å²) >= 11 is 0. The third-order valence-electron chi connectivity index (χ3n) is 1.98. The first-order valence-electron chi connectivity index (χ1n) is 4.47. The number of carboxylic acids is 1. The van der Waals surface area contributed by atoms with Crippen LogP contribution in [0.2, 0.25) is 0 Å². The molecule has 1 N–H and O–H groups in total. The maximum absolute atomic E-state index is 12.7. The Labute approximate surface area is 95.3 Å². The van der Waals surface area contributed by atoms with Crippen molar-refractivity contribution in [2.24, 2.45) is 0 Å². The predicted octanol–water partition coefficient (Wildman–Crippen LogP) is 1.53. The highest BCUT2D eigenvalue weighted by Gasteiger charge is 2.22. The number of pyridine rings is 1. The number of hydrogen-bond acceptors (Lipinski definition) is 4. The molecule has 5 nitrogen and oxygen atoms in total. The molecule has 17 heavy (non-hydrogen) atoms. The number of carbonyl (C=O) groups is 1. The number of nitriles is 1. The van der Waals surface area contributed by atoms with Gasteiger partial charge < -0.3 is 9.84 Å². The number of nitrogens with zero attached hydrogens (tertiary/aromatic N) is 2. The summed E-state index contributed by atoms with van der Waals surface area (Å²) in [5.41, 5.74) is -1.35. The summed E-state index contributed by atoms with van der Waals surface area (Å²) in [7, 11) is 1.25. The smallest absolute Gasteiger partial charge is 0.309 e. The number of alkyl halides is 2. The van der Waals surface area contributed by atoms with E-state index in [9.17, 15) is 13.6 Å². The highest BCUT2D eigenvalue weighted by Crippen LogP contribution is 2.28. The van der Waals surface area contributed by atoms with E-state index in [0.717, 1.165) is 6.07 Å². The normalized spacial score (nSPS) is 10.1. The summed E-state index contributed by atoms with van der Waals surface area (Å²) in [5.74, 6) is -1.38. The van der Waals surface area contributed by atoms with Crippen molar-refractivity contribution in [1.29, 1.82) is 5.26 Å². The Morgan fingerprint density at radius 2 is 2.35 bits per heavy atom. The Balaban J connectivity index is 3.41. The van der Waals surface area contributed by atoms with Gasteiger partial charge in [-0.25, -0.2) is 13.8 Å². The fourth-order valence-electron chi connectivity index (χ4n) is 1.30. The zero-order valence-corrected chi connectivity index (χ0v) is 8.78. The van der Waals surface area contributed by atoms with E-state index >= 15 is 0 Å². The molecular weight excluding hydrogens is 234 g/mol. The minimum Gasteiger partial charge on any atom is -0.481 e. The van der Waals surface area contributed by atoms with E-state index in [4.69, 9.17) is 15.1 Å². The molecule has 0 spiro atoms. The monoisotopic (exact) mass is 242 g/mol. The Kier molecular flexibility index (Phi) is 3.93. The third kappa shape index (κ3) is 2.87. The number of aromatic nitrogens is 1. The van der Waals surface area contributed by atoms with E-state index in [-0.39, 0.29) is 17.1 Å². The van der Waals surface area contributed by atoms with E-state index in [0.29, 0.717) is 0 Å². The number of ether oxygens (including phenoxy) is 1. The molecule has 1 aromatic rings. The van der Waals surface area contributed by atoms with Gasteiger partial charge in [-0.1, -0.05) is 0 Å². The van der Waals surface area contributed by atoms with Crippen molar-refractivity contribution in [3.63, 3.8) is 0 Å². The lowest BCUT2D eigenvalue weighted by Gasteiger charge is -2.10. The molecular formula is C10H8F2N2O3. The van der Waals surface area contributed by atoms with Crippen LogP contribution in [0.5, 0.6) is 5.88 Å². The second kappa shape index (κ2) is 5.21. The van der Waals surface area contributed by atoms with Gasteiger partial charge in [0.2, 0.25) is 5.88 Å². The first-order chi connectivity index (χ1) is 7.99. The molecule has 0 bridgehead atoms. The van der Waals surface area contributed by atoms with Gasteiger partial charge in [-0.2, -0.15) is 5.26 Å². The van der Waals surface area contributed by atoms with Crippen molar-refractivity contribution >= 4 is 5.97 Å². The maximum atomic E-state index is 12.7. The van der Waals surface area contributed by atoms with Gasteiger partial charge in [-0.3, -0.25) is 4.79 Å². The van der Waals surface area contributed by atoms with Crippen molar-refractivity contribution in [2.45, 2.75) is 12.8 Å². The number of rotatable bonds is 4. The largest absolute Gasteiger partial charge is 0.481 e. The summed E-state index contributed by atoms with van der Waals surface area (Å²) < 4.78 is 30.2. The minimum atomic E-state index is -2.96. The van der Waals surface area contributed by atoms with E-state index in [1.807, 2.05) is 0 Å². The lowest BCUT2D eigenvalue weighted by molar-refractivity contribution is -0.136. The highest BCUT2D eigenvalue weighted by atomic mass is 19.3.